The first-order valence-corrected chi connectivity index (χ1v) is 7.09. The van der Waals surface area contributed by atoms with Crippen molar-refractivity contribution in [2.75, 3.05) is 18.1 Å². The first-order chi connectivity index (χ1) is 7.56. The van der Waals surface area contributed by atoms with E-state index in [-0.39, 0.29) is 5.91 Å². The average Bonchev–Trinajstić information content (AvgIpc) is 2.31. The second kappa shape index (κ2) is 7.39. The van der Waals surface area contributed by atoms with Crippen molar-refractivity contribution in [2.24, 2.45) is 5.41 Å². The Hall–Kier alpha value is -0.890. The minimum atomic E-state index is -0.923. The van der Waals surface area contributed by atoms with E-state index in [0.717, 1.165) is 0 Å². The second-order valence-electron chi connectivity index (χ2n) is 3.59. The van der Waals surface area contributed by atoms with Crippen LogP contribution in [0.3, 0.4) is 0 Å². The molecule has 1 N–H and O–H groups in total. The first-order valence-electron chi connectivity index (χ1n) is 5.60. The molecular formula is C11H20N2O2S. The molecule has 0 aromatic rings. The predicted molar refractivity (Wildman–Crippen MR) is 65.2 cm³/mol. The number of rotatable bonds is 7. The third-order valence-electron chi connectivity index (χ3n) is 2.79. The van der Waals surface area contributed by atoms with E-state index < -0.39 is 16.2 Å². The molecular weight excluding hydrogens is 224 g/mol. The number of carbonyl (C=O) groups excluding carboxylic acids is 1. The maximum Gasteiger partial charge on any atom is 0.240 e. The van der Waals surface area contributed by atoms with Crippen LogP contribution in [0.15, 0.2) is 0 Å². The molecule has 1 atom stereocenters. The van der Waals surface area contributed by atoms with Crippen LogP contribution in [0.5, 0.6) is 0 Å². The monoisotopic (exact) mass is 244 g/mol. The maximum absolute atomic E-state index is 11.8. The van der Waals surface area contributed by atoms with Gasteiger partial charge in [-0.3, -0.25) is 9.00 Å². The molecule has 1 amide bonds. The van der Waals surface area contributed by atoms with Crippen molar-refractivity contribution in [1.82, 2.24) is 5.32 Å². The molecule has 5 heteroatoms. The van der Waals surface area contributed by atoms with Crippen LogP contribution in [0, 0.1) is 16.7 Å². The minimum Gasteiger partial charge on any atom is -0.354 e. The maximum atomic E-state index is 11.8. The summed E-state index contributed by atoms with van der Waals surface area (Å²) in [5, 5.41) is 11.7. The van der Waals surface area contributed by atoms with Crippen molar-refractivity contribution in [1.29, 1.82) is 5.26 Å². The van der Waals surface area contributed by atoms with Gasteiger partial charge < -0.3 is 5.32 Å². The number of amides is 1. The summed E-state index contributed by atoms with van der Waals surface area (Å²) >= 11 is 0. The zero-order valence-corrected chi connectivity index (χ0v) is 11.0. The molecule has 4 nitrogen and oxygen atoms in total. The van der Waals surface area contributed by atoms with E-state index in [1.807, 2.05) is 20.8 Å². The third-order valence-corrected chi connectivity index (χ3v) is 4.10. The fourth-order valence-electron chi connectivity index (χ4n) is 1.37. The largest absolute Gasteiger partial charge is 0.354 e. The number of hydrogen-bond acceptors (Lipinski definition) is 3. The van der Waals surface area contributed by atoms with E-state index in [2.05, 4.69) is 11.4 Å². The number of hydrogen-bond donors (Lipinski definition) is 1. The van der Waals surface area contributed by atoms with Crippen molar-refractivity contribution in [2.45, 2.75) is 33.6 Å². The van der Waals surface area contributed by atoms with E-state index in [1.54, 1.807) is 0 Å². The highest BCUT2D eigenvalue weighted by Crippen LogP contribution is 2.25. The molecule has 0 heterocycles. The molecule has 92 valence electrons. The van der Waals surface area contributed by atoms with Crippen LogP contribution in [0.4, 0.5) is 0 Å². The van der Waals surface area contributed by atoms with Gasteiger partial charge in [-0.25, -0.2) is 0 Å². The van der Waals surface area contributed by atoms with Crippen molar-refractivity contribution < 1.29 is 9.00 Å². The van der Waals surface area contributed by atoms with Gasteiger partial charge in [-0.1, -0.05) is 20.8 Å². The zero-order valence-electron chi connectivity index (χ0n) is 10.2. The van der Waals surface area contributed by atoms with Crippen LogP contribution >= 0.6 is 0 Å². The smallest absolute Gasteiger partial charge is 0.240 e. The minimum absolute atomic E-state index is 0.242. The highest BCUT2D eigenvalue weighted by atomic mass is 32.2. The van der Waals surface area contributed by atoms with E-state index in [4.69, 9.17) is 5.26 Å². The highest BCUT2D eigenvalue weighted by Gasteiger charge is 2.34. The Labute approximate surface area is 99.9 Å². The van der Waals surface area contributed by atoms with E-state index >= 15 is 0 Å². The third kappa shape index (κ3) is 3.93. The summed E-state index contributed by atoms with van der Waals surface area (Å²) in [4.78, 5) is 11.8. The van der Waals surface area contributed by atoms with E-state index in [1.165, 1.54) is 0 Å². The number of carbonyl (C=O) groups is 1. The summed E-state index contributed by atoms with van der Waals surface area (Å²) in [6.45, 7) is 5.88. The molecule has 0 rings (SSSR count). The first kappa shape index (κ1) is 15.1. The Morgan fingerprint density at radius 1 is 1.38 bits per heavy atom. The van der Waals surface area contributed by atoms with Gasteiger partial charge in [0.15, 0.2) is 0 Å². The lowest BCUT2D eigenvalue weighted by Crippen LogP contribution is -2.40. The fraction of sp³-hybridized carbons (Fsp3) is 0.818. The molecule has 0 aliphatic carbocycles. The molecule has 16 heavy (non-hydrogen) atoms. The van der Waals surface area contributed by atoms with Crippen LogP contribution < -0.4 is 5.32 Å². The Balaban J connectivity index is 4.24. The molecule has 0 fully saturated rings. The summed E-state index contributed by atoms with van der Waals surface area (Å²) in [5.41, 5.74) is -0.923. The zero-order chi connectivity index (χ0) is 12.6. The Morgan fingerprint density at radius 3 is 2.31 bits per heavy atom. The van der Waals surface area contributed by atoms with Gasteiger partial charge in [0.2, 0.25) is 5.91 Å². The van der Waals surface area contributed by atoms with Crippen molar-refractivity contribution in [3.63, 3.8) is 0 Å². The molecule has 0 radical (unpaired) electrons. The van der Waals surface area contributed by atoms with E-state index in [9.17, 15) is 9.00 Å². The Bertz CT molecular complexity index is 293. The van der Waals surface area contributed by atoms with Gasteiger partial charge in [-0.2, -0.15) is 5.26 Å². The van der Waals surface area contributed by atoms with Gasteiger partial charge in [0.25, 0.3) is 0 Å². The van der Waals surface area contributed by atoms with Gasteiger partial charge in [-0.15, -0.1) is 0 Å². The number of nitrogens with one attached hydrogen (secondary N) is 1. The normalized spacial score (nSPS) is 12.9. The second-order valence-corrected chi connectivity index (χ2v) is 5.45. The van der Waals surface area contributed by atoms with Crippen molar-refractivity contribution >= 4 is 16.7 Å². The summed E-state index contributed by atoms with van der Waals surface area (Å²) in [6.07, 6.45) is 1.01. The number of nitriles is 1. The SMILES string of the molecule is CCS(=O)CCNC(=O)C(C#N)(CC)CC. The lowest BCUT2D eigenvalue weighted by atomic mass is 9.83. The van der Waals surface area contributed by atoms with Gasteiger partial charge in [-0.05, 0) is 12.8 Å². The van der Waals surface area contributed by atoms with Gasteiger partial charge in [0.05, 0.1) is 6.07 Å². The van der Waals surface area contributed by atoms with Crippen LogP contribution in [-0.4, -0.2) is 28.2 Å². The van der Waals surface area contributed by atoms with Crippen molar-refractivity contribution in [3.8, 4) is 6.07 Å². The Kier molecular flexibility index (Phi) is 6.98. The van der Waals surface area contributed by atoms with Crippen LogP contribution in [-0.2, 0) is 15.6 Å². The van der Waals surface area contributed by atoms with Gasteiger partial charge in [0.1, 0.15) is 5.41 Å². The molecule has 0 aliphatic rings. The number of nitrogens with zero attached hydrogens (tertiary/aromatic N) is 1. The predicted octanol–water partition coefficient (Wildman–Crippen LogP) is 1.20. The summed E-state index contributed by atoms with van der Waals surface area (Å²) in [7, 11) is -0.874. The molecule has 0 aromatic carbocycles. The van der Waals surface area contributed by atoms with Crippen LogP contribution in [0.1, 0.15) is 33.6 Å². The molecule has 0 spiro atoms. The van der Waals surface area contributed by atoms with Crippen LogP contribution in [0.2, 0.25) is 0 Å². The summed E-state index contributed by atoms with van der Waals surface area (Å²) in [5.74, 6) is 0.811. The Morgan fingerprint density at radius 2 is 1.94 bits per heavy atom. The van der Waals surface area contributed by atoms with Crippen LogP contribution in [0.25, 0.3) is 0 Å². The summed E-state index contributed by atoms with van der Waals surface area (Å²) < 4.78 is 11.1. The quantitative estimate of drug-likeness (QED) is 0.731. The fourth-order valence-corrected chi connectivity index (χ4v) is 1.99. The lowest BCUT2D eigenvalue weighted by Gasteiger charge is -2.21. The summed E-state index contributed by atoms with van der Waals surface area (Å²) in [6, 6.07) is 2.08. The van der Waals surface area contributed by atoms with Gasteiger partial charge in [0, 0.05) is 28.9 Å². The topological polar surface area (TPSA) is 70.0 Å². The molecule has 0 saturated heterocycles. The molecule has 0 saturated carbocycles. The molecule has 0 aromatic heterocycles. The lowest BCUT2D eigenvalue weighted by molar-refractivity contribution is -0.128. The molecule has 0 aliphatic heterocycles. The molecule has 1 unspecified atom stereocenters. The standard InChI is InChI=1S/C11H20N2O2S/c1-4-11(5-2,9-12)10(14)13-7-8-16(15)6-3/h4-8H2,1-3H3,(H,13,14). The highest BCUT2D eigenvalue weighted by molar-refractivity contribution is 7.84. The molecule has 0 bridgehead atoms. The average molecular weight is 244 g/mol. The van der Waals surface area contributed by atoms with Crippen molar-refractivity contribution in [3.05, 3.63) is 0 Å². The van der Waals surface area contributed by atoms with E-state index in [0.29, 0.717) is 30.9 Å². The van der Waals surface area contributed by atoms with Gasteiger partial charge >= 0.3 is 0 Å².